The maximum atomic E-state index is 11.2. The van der Waals surface area contributed by atoms with Gasteiger partial charge < -0.3 is 73.6 Å². The zero-order valence-corrected chi connectivity index (χ0v) is 51.4. The average molecular weight is 1100 g/mol. The SMILES string of the molecule is CC1C(Nc2nc(NCC(=O)O)nc(NC3CC(C)(C)NC(C)(C)C3C)n2)CC(C)(C)NC1(C)C.CC1C(Nc2nc(NCC(=O)O)nc(NC3CC(C)(C)NC(C)(C)C3C)n2)CC(C)(C)NC1(C)C.OCCCCCCO. The molecule has 78 heavy (non-hydrogen) atoms. The molecular formula is C56H106N16O6. The molecule has 2 aromatic rings. The van der Waals surface area contributed by atoms with Crippen LogP contribution in [0.4, 0.5) is 35.7 Å². The Morgan fingerprint density at radius 2 is 0.603 bits per heavy atom. The van der Waals surface area contributed by atoms with Crippen LogP contribution in [0.25, 0.3) is 0 Å². The van der Waals surface area contributed by atoms with Crippen LogP contribution in [-0.4, -0.2) is 157 Å². The van der Waals surface area contributed by atoms with Crippen LogP contribution in [0.3, 0.4) is 0 Å². The number of aliphatic hydroxyl groups is 2. The van der Waals surface area contributed by atoms with E-state index in [2.05, 4.69) is 212 Å². The molecule has 2 aromatic heterocycles. The Labute approximate surface area is 467 Å². The van der Waals surface area contributed by atoms with Crippen LogP contribution < -0.4 is 53.2 Å². The fourth-order valence-electron chi connectivity index (χ4n) is 12.5. The van der Waals surface area contributed by atoms with E-state index in [-0.39, 0.29) is 107 Å². The molecule has 0 radical (unpaired) electrons. The van der Waals surface area contributed by atoms with E-state index in [0.29, 0.717) is 47.5 Å². The first-order chi connectivity index (χ1) is 35.7. The van der Waals surface area contributed by atoms with E-state index in [4.69, 9.17) is 30.4 Å². The van der Waals surface area contributed by atoms with Crippen molar-refractivity contribution in [3.8, 4) is 0 Å². The Morgan fingerprint density at radius 3 is 0.795 bits per heavy atom. The summed E-state index contributed by atoms with van der Waals surface area (Å²) in [5.41, 5.74) is -0.470. The summed E-state index contributed by atoms with van der Waals surface area (Å²) in [6, 6.07) is 0.554. The third kappa shape index (κ3) is 19.7. The number of aliphatic carboxylic acids is 2. The van der Waals surface area contributed by atoms with E-state index in [1.807, 2.05) is 0 Å². The lowest BCUT2D eigenvalue weighted by Gasteiger charge is -2.51. The number of piperidine rings is 4. The van der Waals surface area contributed by atoms with Gasteiger partial charge in [0.25, 0.3) is 0 Å². The normalized spacial score (nSPS) is 28.6. The summed E-state index contributed by atoms with van der Waals surface area (Å²) in [5, 5.41) is 69.7. The predicted molar refractivity (Wildman–Crippen MR) is 314 cm³/mol. The minimum absolute atomic E-state index is 0.0477. The van der Waals surface area contributed by atoms with Crippen LogP contribution in [0.5, 0.6) is 0 Å². The summed E-state index contributed by atoms with van der Waals surface area (Å²) in [6.07, 6.45) is 7.43. The third-order valence-electron chi connectivity index (χ3n) is 16.9. The van der Waals surface area contributed by atoms with Gasteiger partial charge in [0.15, 0.2) is 0 Å². The fourth-order valence-corrected chi connectivity index (χ4v) is 12.5. The molecule has 0 aliphatic carbocycles. The van der Waals surface area contributed by atoms with E-state index in [1.165, 1.54) is 0 Å². The number of carboxylic acids is 2. The zero-order valence-electron chi connectivity index (χ0n) is 51.4. The van der Waals surface area contributed by atoms with Gasteiger partial charge in [0, 0.05) is 81.7 Å². The second kappa shape index (κ2) is 26.0. The Hall–Kier alpha value is -4.48. The number of hydrogen-bond donors (Lipinski definition) is 14. The maximum absolute atomic E-state index is 11.2. The molecule has 446 valence electrons. The molecule has 6 rings (SSSR count). The minimum atomic E-state index is -0.972. The number of nitrogens with zero attached hydrogens (tertiary/aromatic N) is 6. The Morgan fingerprint density at radius 1 is 0.397 bits per heavy atom. The number of hydrogen-bond acceptors (Lipinski definition) is 20. The number of carbonyl (C=O) groups is 2. The highest BCUT2D eigenvalue weighted by Crippen LogP contribution is 2.39. The number of anilines is 6. The van der Waals surface area contributed by atoms with Crippen LogP contribution in [0.2, 0.25) is 0 Å². The molecule has 0 amide bonds. The van der Waals surface area contributed by atoms with Crippen LogP contribution >= 0.6 is 0 Å². The van der Waals surface area contributed by atoms with E-state index >= 15 is 0 Å². The molecule has 0 aromatic carbocycles. The predicted octanol–water partition coefficient (Wildman–Crippen LogP) is 7.14. The first kappa shape index (κ1) is 66.0. The topological polar surface area (TPSA) is 313 Å². The molecule has 4 aliphatic rings. The molecule has 22 heteroatoms. The van der Waals surface area contributed by atoms with Gasteiger partial charge in [-0.25, -0.2) is 0 Å². The van der Waals surface area contributed by atoms with Crippen molar-refractivity contribution in [2.45, 2.75) is 258 Å². The third-order valence-corrected chi connectivity index (χ3v) is 16.9. The van der Waals surface area contributed by atoms with Crippen molar-refractivity contribution < 1.29 is 30.0 Å². The van der Waals surface area contributed by atoms with Gasteiger partial charge in [-0.2, -0.15) is 29.9 Å². The number of nitrogens with one attached hydrogen (secondary N) is 10. The summed E-state index contributed by atoms with van der Waals surface area (Å²) in [4.78, 5) is 49.9. The molecule has 4 fully saturated rings. The lowest BCUT2D eigenvalue weighted by Crippen LogP contribution is -2.65. The highest BCUT2D eigenvalue weighted by molar-refractivity contribution is 5.72. The van der Waals surface area contributed by atoms with Gasteiger partial charge >= 0.3 is 11.9 Å². The lowest BCUT2D eigenvalue weighted by atomic mass is 9.72. The zero-order chi connectivity index (χ0) is 59.0. The molecule has 4 saturated heterocycles. The molecule has 0 bridgehead atoms. The average Bonchev–Trinajstić information content (AvgIpc) is 3.26. The molecule has 6 heterocycles. The molecule has 0 spiro atoms. The Kier molecular flexibility index (Phi) is 22.0. The Bertz CT molecular complexity index is 1990. The minimum Gasteiger partial charge on any atom is -0.480 e. The number of carboxylic acid groups (broad SMARTS) is 2. The molecular weight excluding hydrogens is 993 g/mol. The van der Waals surface area contributed by atoms with Crippen molar-refractivity contribution >= 4 is 47.6 Å². The smallest absolute Gasteiger partial charge is 0.322 e. The molecule has 8 atom stereocenters. The molecule has 0 saturated carbocycles. The van der Waals surface area contributed by atoms with E-state index in [0.717, 1.165) is 51.4 Å². The van der Waals surface area contributed by atoms with Crippen LogP contribution in [0, 0.1) is 23.7 Å². The summed E-state index contributed by atoms with van der Waals surface area (Å²) >= 11 is 0. The van der Waals surface area contributed by atoms with Crippen molar-refractivity contribution in [1.82, 2.24) is 51.2 Å². The molecule has 4 aliphatic heterocycles. The molecule has 14 N–H and O–H groups in total. The Balaban J connectivity index is 0.000000295. The van der Waals surface area contributed by atoms with Gasteiger partial charge in [-0.05, 0) is 173 Å². The summed E-state index contributed by atoms with van der Waals surface area (Å²) in [7, 11) is 0. The largest absolute Gasteiger partial charge is 0.480 e. The van der Waals surface area contributed by atoms with Crippen molar-refractivity contribution in [3.63, 3.8) is 0 Å². The van der Waals surface area contributed by atoms with Gasteiger partial charge in [0.2, 0.25) is 35.7 Å². The standard InChI is InChI=1S/2C25H46N8O2.C6H14O2/c2*1-14-16(11-22(3,4)32-24(14,7)8)27-20-29-19(26-13-18(34)35)30-21(31-20)28-17-12-23(5,6)33-25(9,10)15(17)2;7-5-3-1-2-4-6-8/h2*14-17,32-33H,11-13H2,1-10H3,(H,34,35)(H3,26,27,28,29,30,31);7-8H,1-6H2. The van der Waals surface area contributed by atoms with Gasteiger partial charge in [-0.1, -0.05) is 40.5 Å². The van der Waals surface area contributed by atoms with Crippen LogP contribution in [-0.2, 0) is 9.59 Å². The first-order valence-electron chi connectivity index (χ1n) is 28.6. The van der Waals surface area contributed by atoms with Crippen molar-refractivity contribution in [2.24, 2.45) is 23.7 Å². The van der Waals surface area contributed by atoms with E-state index in [9.17, 15) is 9.59 Å². The second-order valence-electron chi connectivity index (χ2n) is 27.9. The highest BCUT2D eigenvalue weighted by atomic mass is 16.4. The maximum Gasteiger partial charge on any atom is 0.322 e. The van der Waals surface area contributed by atoms with E-state index in [1.54, 1.807) is 0 Å². The second-order valence-corrected chi connectivity index (χ2v) is 27.9. The van der Waals surface area contributed by atoms with Crippen molar-refractivity contribution in [2.75, 3.05) is 58.2 Å². The highest BCUT2D eigenvalue weighted by Gasteiger charge is 2.47. The number of aromatic nitrogens is 6. The van der Waals surface area contributed by atoms with Crippen molar-refractivity contribution in [3.05, 3.63) is 0 Å². The van der Waals surface area contributed by atoms with Gasteiger partial charge in [0.1, 0.15) is 13.1 Å². The summed E-state index contributed by atoms with van der Waals surface area (Å²) in [5.74, 6) is 1.56. The van der Waals surface area contributed by atoms with Gasteiger partial charge in [-0.3, -0.25) is 9.59 Å². The number of unbranched alkanes of at least 4 members (excludes halogenated alkanes) is 3. The molecule has 8 unspecified atom stereocenters. The quantitative estimate of drug-likeness (QED) is 0.0622. The van der Waals surface area contributed by atoms with Crippen LogP contribution in [0.1, 0.15) is 190 Å². The fraction of sp³-hybridized carbons (Fsp3) is 0.857. The lowest BCUT2D eigenvalue weighted by molar-refractivity contribution is -0.136. The van der Waals surface area contributed by atoms with E-state index < -0.39 is 11.9 Å². The first-order valence-corrected chi connectivity index (χ1v) is 28.6. The number of rotatable bonds is 19. The monoisotopic (exact) mass is 1100 g/mol. The van der Waals surface area contributed by atoms with Crippen LogP contribution in [0.15, 0.2) is 0 Å². The summed E-state index contributed by atoms with van der Waals surface area (Å²) in [6.45, 7) is 44.3. The van der Waals surface area contributed by atoms with Gasteiger partial charge in [0.05, 0.1) is 0 Å². The number of aliphatic hydroxyl groups excluding tert-OH is 2. The van der Waals surface area contributed by atoms with Gasteiger partial charge in [-0.15, -0.1) is 0 Å². The molecule has 22 nitrogen and oxygen atoms in total. The summed E-state index contributed by atoms with van der Waals surface area (Å²) < 4.78 is 0. The van der Waals surface area contributed by atoms with Crippen molar-refractivity contribution in [1.29, 1.82) is 0 Å².